The molecule has 0 aromatic carbocycles. The predicted molar refractivity (Wildman–Crippen MR) is 124 cm³/mol. The minimum atomic E-state index is -1.22. The number of carbonyl (C=O) groups excluding carboxylic acids is 3. The van der Waals surface area contributed by atoms with E-state index in [1.807, 2.05) is 0 Å². The lowest BCUT2D eigenvalue weighted by atomic mass is 10.0. The number of carboxylic acid groups (broad SMARTS) is 1. The molecule has 2 aliphatic rings. The van der Waals surface area contributed by atoms with E-state index in [-0.39, 0.29) is 36.9 Å². The topological polar surface area (TPSA) is 157 Å². The third-order valence-electron chi connectivity index (χ3n) is 5.35. The minimum absolute atomic E-state index is 0.0103. The summed E-state index contributed by atoms with van der Waals surface area (Å²) in [5.74, 6) is -0.904. The van der Waals surface area contributed by atoms with Gasteiger partial charge in [0.1, 0.15) is 35.2 Å². The van der Waals surface area contributed by atoms with Crippen LogP contribution in [0.15, 0.2) is 39.2 Å². The van der Waals surface area contributed by atoms with Crippen LogP contribution < -0.4 is 5.32 Å². The van der Waals surface area contributed by atoms with Gasteiger partial charge in [-0.3, -0.25) is 23.9 Å². The highest BCUT2D eigenvalue weighted by Crippen LogP contribution is 2.41. The Kier molecular flexibility index (Phi) is 7.50. The number of aryl methyl sites for hydroxylation is 1. The molecule has 35 heavy (non-hydrogen) atoms. The van der Waals surface area contributed by atoms with Gasteiger partial charge in [0.25, 0.3) is 5.91 Å². The van der Waals surface area contributed by atoms with Crippen LogP contribution in [-0.2, 0) is 36.9 Å². The normalized spacial score (nSPS) is 19.3. The number of nitrogens with zero attached hydrogens (tertiary/aromatic N) is 4. The number of aromatic nitrogens is 3. The Morgan fingerprint density at radius 3 is 2.86 bits per heavy atom. The summed E-state index contributed by atoms with van der Waals surface area (Å²) in [6, 6.07) is 2.52. The highest BCUT2D eigenvalue weighted by molar-refractivity contribution is 8.01. The number of carbonyl (C=O) groups is 4. The lowest BCUT2D eigenvalue weighted by Crippen LogP contribution is -2.70. The molecule has 14 heteroatoms. The molecule has 2 aromatic heterocycles. The van der Waals surface area contributed by atoms with E-state index in [0.29, 0.717) is 28.1 Å². The van der Waals surface area contributed by atoms with Crippen LogP contribution in [0.4, 0.5) is 0 Å². The van der Waals surface area contributed by atoms with Crippen molar-refractivity contribution in [3.63, 3.8) is 0 Å². The molecular weight excluding hydrogens is 498 g/mol. The fourth-order valence-corrected chi connectivity index (χ4v) is 6.20. The average Bonchev–Trinajstić information content (AvgIpc) is 3.45. The predicted octanol–water partition coefficient (Wildman–Crippen LogP) is 0.816. The number of furan rings is 1. The van der Waals surface area contributed by atoms with Crippen LogP contribution in [0.25, 0.3) is 0 Å². The lowest BCUT2D eigenvalue weighted by Gasteiger charge is -2.49. The van der Waals surface area contributed by atoms with E-state index < -0.39 is 29.3 Å². The lowest BCUT2D eigenvalue weighted by molar-refractivity contribution is -0.150. The molecule has 2 N–H and O–H groups in total. The third-order valence-corrected chi connectivity index (χ3v) is 7.74. The van der Waals surface area contributed by atoms with Gasteiger partial charge in [-0.15, -0.1) is 22.0 Å². The van der Waals surface area contributed by atoms with Gasteiger partial charge in [0.15, 0.2) is 5.16 Å². The maximum atomic E-state index is 12.8. The van der Waals surface area contributed by atoms with E-state index in [2.05, 4.69) is 15.5 Å². The van der Waals surface area contributed by atoms with E-state index >= 15 is 0 Å². The van der Waals surface area contributed by atoms with Gasteiger partial charge in [-0.2, -0.15) is 0 Å². The molecule has 0 saturated carbocycles. The molecule has 4 heterocycles. The van der Waals surface area contributed by atoms with Gasteiger partial charge < -0.3 is 19.6 Å². The van der Waals surface area contributed by atoms with E-state index in [1.165, 1.54) is 34.7 Å². The number of hydrogen-bond acceptors (Lipinski definition) is 10. The average molecular weight is 522 g/mol. The smallest absolute Gasteiger partial charge is 0.352 e. The number of thioether (sulfide) groups is 2. The molecule has 0 spiro atoms. The number of nitrogens with one attached hydrogen (secondary N) is 1. The number of amides is 2. The van der Waals surface area contributed by atoms with Crippen molar-refractivity contribution >= 4 is 47.3 Å². The third kappa shape index (κ3) is 5.22. The second-order valence-corrected chi connectivity index (χ2v) is 9.73. The highest BCUT2D eigenvalue weighted by atomic mass is 32.2. The van der Waals surface area contributed by atoms with Gasteiger partial charge in [-0.25, -0.2) is 4.79 Å². The molecule has 0 radical (unpaired) electrons. The summed E-state index contributed by atoms with van der Waals surface area (Å²) >= 11 is 2.61. The zero-order valence-electron chi connectivity index (χ0n) is 18.9. The summed E-state index contributed by atoms with van der Waals surface area (Å²) in [6.45, 7) is 3.62. The number of hydrogen-bond donors (Lipinski definition) is 2. The number of aliphatic carboxylic acids is 1. The molecule has 0 bridgehead atoms. The molecule has 0 aliphatic carbocycles. The molecule has 2 aromatic rings. The number of esters is 1. The Bertz CT molecular complexity index is 1180. The van der Waals surface area contributed by atoms with Crippen LogP contribution in [0.3, 0.4) is 0 Å². The summed E-state index contributed by atoms with van der Waals surface area (Å²) in [7, 11) is 0. The number of ether oxygens (including phenoxy) is 1. The second kappa shape index (κ2) is 10.6. The summed E-state index contributed by atoms with van der Waals surface area (Å²) in [5.41, 5.74) is 0.455. The monoisotopic (exact) mass is 521 g/mol. The first-order valence-electron chi connectivity index (χ1n) is 10.7. The zero-order chi connectivity index (χ0) is 25.1. The molecule has 4 rings (SSSR count). The summed E-state index contributed by atoms with van der Waals surface area (Å²) < 4.78 is 11.7. The second-order valence-electron chi connectivity index (χ2n) is 7.68. The van der Waals surface area contributed by atoms with E-state index in [9.17, 15) is 24.3 Å². The molecule has 186 valence electrons. The molecule has 1 saturated heterocycles. The van der Waals surface area contributed by atoms with Gasteiger partial charge >= 0.3 is 11.9 Å². The summed E-state index contributed by atoms with van der Waals surface area (Å²) in [6.07, 6.45) is 1.45. The summed E-state index contributed by atoms with van der Waals surface area (Å²) in [4.78, 5) is 50.3. The van der Waals surface area contributed by atoms with Crippen molar-refractivity contribution in [2.45, 2.75) is 43.4 Å². The highest BCUT2D eigenvalue weighted by Gasteiger charge is 2.54. The summed E-state index contributed by atoms with van der Waals surface area (Å²) in [5, 5.41) is 20.5. The van der Waals surface area contributed by atoms with Crippen molar-refractivity contribution in [3.05, 3.63) is 41.3 Å². The Hall–Kier alpha value is -3.26. The quantitative estimate of drug-likeness (QED) is 0.259. The van der Waals surface area contributed by atoms with Crippen molar-refractivity contribution in [2.24, 2.45) is 0 Å². The fraction of sp³-hybridized carbons (Fsp3) is 0.429. The van der Waals surface area contributed by atoms with Crippen molar-refractivity contribution in [1.29, 1.82) is 0 Å². The maximum Gasteiger partial charge on any atom is 0.352 e. The Morgan fingerprint density at radius 1 is 1.37 bits per heavy atom. The Labute approximate surface area is 208 Å². The SMILES string of the molecule is CCOC(=O)Cn1c(C)nnc1SCC1=C(C(=O)O)N2C(=O)[C@@H](NC(=O)Cc3ccco3)[C@H]2SC1. The maximum absolute atomic E-state index is 12.8. The minimum Gasteiger partial charge on any atom is -0.477 e. The number of fused-ring (bicyclic) bond motifs is 1. The van der Waals surface area contributed by atoms with Crippen LogP contribution in [0.1, 0.15) is 18.5 Å². The molecule has 1 fully saturated rings. The van der Waals surface area contributed by atoms with Crippen LogP contribution in [-0.4, -0.2) is 78.1 Å². The van der Waals surface area contributed by atoms with Crippen molar-refractivity contribution in [3.8, 4) is 0 Å². The standard InChI is InChI=1S/C21H23N5O7S2/c1-3-32-15(28)8-25-11(2)23-24-21(25)35-10-12-9-34-19-16(18(29)26(19)17(12)20(30)31)22-14(27)7-13-5-4-6-33-13/h4-6,16,19H,3,7-10H2,1-2H3,(H,22,27)(H,30,31)/t16-,19-/m1/s1. The fourth-order valence-electron chi connectivity index (χ4n) is 3.73. The van der Waals surface area contributed by atoms with Gasteiger partial charge in [-0.1, -0.05) is 11.8 Å². The zero-order valence-corrected chi connectivity index (χ0v) is 20.6. The van der Waals surface area contributed by atoms with Gasteiger partial charge in [0.2, 0.25) is 5.91 Å². The van der Waals surface area contributed by atoms with Crippen LogP contribution in [0.5, 0.6) is 0 Å². The van der Waals surface area contributed by atoms with Crippen molar-refractivity contribution < 1.29 is 33.4 Å². The number of rotatable bonds is 10. The molecular formula is C21H23N5O7S2. The molecule has 2 atom stereocenters. The van der Waals surface area contributed by atoms with E-state index in [1.54, 1.807) is 30.5 Å². The van der Waals surface area contributed by atoms with Crippen LogP contribution in [0.2, 0.25) is 0 Å². The van der Waals surface area contributed by atoms with Crippen molar-refractivity contribution in [1.82, 2.24) is 25.0 Å². The first-order valence-corrected chi connectivity index (χ1v) is 12.7. The molecule has 0 unspecified atom stereocenters. The first kappa shape index (κ1) is 24.9. The Balaban J connectivity index is 1.44. The van der Waals surface area contributed by atoms with Gasteiger partial charge in [-0.05, 0) is 31.6 Å². The number of carboxylic acids is 1. The Morgan fingerprint density at radius 2 is 2.17 bits per heavy atom. The first-order chi connectivity index (χ1) is 16.8. The van der Waals surface area contributed by atoms with Gasteiger partial charge in [0.05, 0.1) is 19.3 Å². The van der Waals surface area contributed by atoms with Crippen LogP contribution in [0, 0.1) is 6.92 Å². The van der Waals surface area contributed by atoms with Gasteiger partial charge in [0, 0.05) is 11.5 Å². The van der Waals surface area contributed by atoms with Crippen LogP contribution >= 0.6 is 23.5 Å². The van der Waals surface area contributed by atoms with Crippen molar-refractivity contribution in [2.75, 3.05) is 18.1 Å². The number of β-lactam (4-membered cyclic amide) rings is 1. The van der Waals surface area contributed by atoms with E-state index in [4.69, 9.17) is 9.15 Å². The largest absolute Gasteiger partial charge is 0.477 e. The molecule has 2 aliphatic heterocycles. The molecule has 12 nitrogen and oxygen atoms in total. The van der Waals surface area contributed by atoms with E-state index in [0.717, 1.165) is 0 Å². The molecule has 2 amide bonds.